The van der Waals surface area contributed by atoms with E-state index < -0.39 is 28.5 Å². The van der Waals surface area contributed by atoms with Crippen molar-refractivity contribution < 1.29 is 18.0 Å². The van der Waals surface area contributed by atoms with Crippen LogP contribution in [0.5, 0.6) is 0 Å². The lowest BCUT2D eigenvalue weighted by Crippen LogP contribution is -2.50. The van der Waals surface area contributed by atoms with Crippen LogP contribution in [0.3, 0.4) is 0 Å². The van der Waals surface area contributed by atoms with Gasteiger partial charge in [-0.15, -0.1) is 0 Å². The summed E-state index contributed by atoms with van der Waals surface area (Å²) in [6.45, 7) is 1.14. The van der Waals surface area contributed by atoms with Crippen LogP contribution in [0, 0.1) is 0 Å². The Hall–Kier alpha value is -2.59. The Labute approximate surface area is 229 Å². The summed E-state index contributed by atoms with van der Waals surface area (Å²) in [7, 11) is -2.71. The molecule has 36 heavy (non-hydrogen) atoms. The number of carbonyl (C=O) groups excluding carboxylic acids is 2. The fourth-order valence-electron chi connectivity index (χ4n) is 3.47. The van der Waals surface area contributed by atoms with Gasteiger partial charge in [0, 0.05) is 28.1 Å². The quantitative estimate of drug-likeness (QED) is 0.364. The second-order valence-electron chi connectivity index (χ2n) is 7.88. The molecular weight excluding hydrogens is 589 g/mol. The van der Waals surface area contributed by atoms with E-state index in [-0.39, 0.29) is 23.0 Å². The van der Waals surface area contributed by atoms with Gasteiger partial charge in [0.2, 0.25) is 11.8 Å². The van der Waals surface area contributed by atoms with E-state index in [0.29, 0.717) is 10.0 Å². The lowest BCUT2D eigenvalue weighted by atomic mass is 10.1. The molecule has 0 saturated heterocycles. The molecule has 0 aliphatic heterocycles. The van der Waals surface area contributed by atoms with Crippen molar-refractivity contribution in [1.29, 1.82) is 0 Å². The highest BCUT2D eigenvalue weighted by Gasteiger charge is 2.32. The third-order valence-corrected chi connectivity index (χ3v) is 8.26. The molecule has 190 valence electrons. The first kappa shape index (κ1) is 28.0. The lowest BCUT2D eigenvalue weighted by molar-refractivity contribution is -0.139. The van der Waals surface area contributed by atoms with Gasteiger partial charge in [0.25, 0.3) is 10.0 Å². The summed E-state index contributed by atoms with van der Waals surface area (Å²) in [6.07, 6.45) is 0. The molecule has 0 heterocycles. The number of halogens is 3. The Balaban J connectivity index is 2.02. The highest BCUT2D eigenvalue weighted by molar-refractivity contribution is 9.10. The maximum atomic E-state index is 13.7. The molecule has 1 atom stereocenters. The number of likely N-dealkylation sites (N-methyl/N-ethyl adjacent to an activating group) is 1. The lowest BCUT2D eigenvalue weighted by Gasteiger charge is -2.31. The number of hydrogen-bond donors (Lipinski definition) is 1. The fraction of sp³-hybridized carbons (Fsp3) is 0.200. The standard InChI is InChI=1S/C25H24BrCl2N3O4S/c1-17(25(33)29-2)30(15-18-6-8-19(26)9-7-18)24(32)16-31(22-5-3-4-21(28)14-22)36(34,35)23-12-10-20(27)11-13-23/h3-14,17H,15-16H2,1-2H3,(H,29,33). The maximum absolute atomic E-state index is 13.7. The zero-order valence-electron chi connectivity index (χ0n) is 19.5. The molecule has 1 unspecified atom stereocenters. The van der Waals surface area contributed by atoms with E-state index in [0.717, 1.165) is 14.3 Å². The van der Waals surface area contributed by atoms with E-state index >= 15 is 0 Å². The smallest absolute Gasteiger partial charge is 0.264 e. The van der Waals surface area contributed by atoms with Gasteiger partial charge >= 0.3 is 0 Å². The van der Waals surface area contributed by atoms with Crippen LogP contribution < -0.4 is 9.62 Å². The van der Waals surface area contributed by atoms with Crippen LogP contribution in [-0.4, -0.2) is 44.8 Å². The number of carbonyl (C=O) groups is 2. The van der Waals surface area contributed by atoms with E-state index in [2.05, 4.69) is 21.2 Å². The summed E-state index contributed by atoms with van der Waals surface area (Å²) in [4.78, 5) is 27.4. The average Bonchev–Trinajstić information content (AvgIpc) is 2.86. The van der Waals surface area contributed by atoms with E-state index in [1.807, 2.05) is 24.3 Å². The summed E-state index contributed by atoms with van der Waals surface area (Å²) in [5.74, 6) is -0.943. The van der Waals surface area contributed by atoms with Gasteiger partial charge in [0.1, 0.15) is 12.6 Å². The van der Waals surface area contributed by atoms with Crippen LogP contribution in [0.15, 0.2) is 82.2 Å². The van der Waals surface area contributed by atoms with Crippen LogP contribution in [-0.2, 0) is 26.2 Å². The molecule has 0 aliphatic carbocycles. The van der Waals surface area contributed by atoms with Gasteiger partial charge in [0.05, 0.1) is 10.6 Å². The SMILES string of the molecule is CNC(=O)C(C)N(Cc1ccc(Br)cc1)C(=O)CN(c1cccc(Cl)c1)S(=O)(=O)c1ccc(Cl)cc1. The van der Waals surface area contributed by atoms with Crippen molar-refractivity contribution in [3.8, 4) is 0 Å². The fourth-order valence-corrected chi connectivity index (χ4v) is 5.45. The zero-order chi connectivity index (χ0) is 26.5. The van der Waals surface area contributed by atoms with Crippen LogP contribution in [0.4, 0.5) is 5.69 Å². The molecule has 1 N–H and O–H groups in total. The molecule has 0 bridgehead atoms. The van der Waals surface area contributed by atoms with Crippen molar-refractivity contribution in [1.82, 2.24) is 10.2 Å². The number of anilines is 1. The van der Waals surface area contributed by atoms with Gasteiger partial charge in [-0.3, -0.25) is 13.9 Å². The second-order valence-corrected chi connectivity index (χ2v) is 11.5. The van der Waals surface area contributed by atoms with Crippen molar-refractivity contribution in [3.05, 3.63) is 92.9 Å². The summed E-state index contributed by atoms with van der Waals surface area (Å²) in [5, 5.41) is 3.23. The Morgan fingerprint density at radius 1 is 0.972 bits per heavy atom. The predicted molar refractivity (Wildman–Crippen MR) is 146 cm³/mol. The average molecular weight is 613 g/mol. The Morgan fingerprint density at radius 2 is 1.61 bits per heavy atom. The number of benzene rings is 3. The largest absolute Gasteiger partial charge is 0.357 e. The van der Waals surface area contributed by atoms with Gasteiger partial charge in [-0.25, -0.2) is 8.42 Å². The summed E-state index contributed by atoms with van der Waals surface area (Å²) >= 11 is 15.5. The van der Waals surface area contributed by atoms with Crippen LogP contribution in [0.25, 0.3) is 0 Å². The third kappa shape index (κ3) is 6.79. The van der Waals surface area contributed by atoms with Gasteiger partial charge in [-0.05, 0) is 67.1 Å². The van der Waals surface area contributed by atoms with Gasteiger partial charge in [-0.2, -0.15) is 0 Å². The van der Waals surface area contributed by atoms with Gasteiger partial charge in [0.15, 0.2) is 0 Å². The number of amides is 2. The second kappa shape index (κ2) is 12.1. The molecule has 11 heteroatoms. The number of sulfonamides is 1. The van der Waals surface area contributed by atoms with Crippen molar-refractivity contribution in [3.63, 3.8) is 0 Å². The molecule has 0 radical (unpaired) electrons. The Morgan fingerprint density at radius 3 is 2.19 bits per heavy atom. The van der Waals surface area contributed by atoms with Gasteiger partial charge < -0.3 is 10.2 Å². The molecule has 0 aliphatic rings. The molecule has 3 aromatic rings. The predicted octanol–water partition coefficient (Wildman–Crippen LogP) is 5.11. The zero-order valence-corrected chi connectivity index (χ0v) is 23.4. The molecule has 3 rings (SSSR count). The molecule has 0 spiro atoms. The third-order valence-electron chi connectivity index (χ3n) is 5.46. The maximum Gasteiger partial charge on any atom is 0.264 e. The number of hydrogen-bond acceptors (Lipinski definition) is 4. The molecule has 3 aromatic carbocycles. The topological polar surface area (TPSA) is 86.8 Å². The number of nitrogens with one attached hydrogen (secondary N) is 1. The normalized spacial score (nSPS) is 12.0. The molecular formula is C25H24BrCl2N3O4S. The highest BCUT2D eigenvalue weighted by atomic mass is 79.9. The van der Waals surface area contributed by atoms with Crippen molar-refractivity contribution in [2.45, 2.75) is 24.4 Å². The van der Waals surface area contributed by atoms with Crippen LogP contribution in [0.2, 0.25) is 10.0 Å². The van der Waals surface area contributed by atoms with Gasteiger partial charge in [-0.1, -0.05) is 57.3 Å². The van der Waals surface area contributed by atoms with E-state index in [1.165, 1.54) is 42.3 Å². The number of rotatable bonds is 9. The highest BCUT2D eigenvalue weighted by Crippen LogP contribution is 2.27. The van der Waals surface area contributed by atoms with E-state index in [4.69, 9.17) is 23.2 Å². The van der Waals surface area contributed by atoms with E-state index in [1.54, 1.807) is 25.1 Å². The Bertz CT molecular complexity index is 1340. The van der Waals surface area contributed by atoms with Crippen molar-refractivity contribution >= 4 is 66.7 Å². The van der Waals surface area contributed by atoms with Crippen molar-refractivity contribution in [2.75, 3.05) is 17.9 Å². The summed E-state index contributed by atoms with van der Waals surface area (Å²) < 4.78 is 29.2. The molecule has 2 amide bonds. The molecule has 0 saturated carbocycles. The van der Waals surface area contributed by atoms with E-state index in [9.17, 15) is 18.0 Å². The first-order valence-corrected chi connectivity index (χ1v) is 13.8. The van der Waals surface area contributed by atoms with Crippen molar-refractivity contribution in [2.24, 2.45) is 0 Å². The number of nitrogens with zero attached hydrogens (tertiary/aromatic N) is 2. The molecule has 0 aromatic heterocycles. The molecule has 7 nitrogen and oxygen atoms in total. The minimum Gasteiger partial charge on any atom is -0.357 e. The van der Waals surface area contributed by atoms with Crippen LogP contribution >= 0.6 is 39.1 Å². The molecule has 0 fully saturated rings. The Kier molecular flexibility index (Phi) is 9.41. The minimum atomic E-state index is -4.18. The first-order valence-electron chi connectivity index (χ1n) is 10.8. The monoisotopic (exact) mass is 611 g/mol. The van der Waals surface area contributed by atoms with Crippen LogP contribution in [0.1, 0.15) is 12.5 Å². The minimum absolute atomic E-state index is 0.0431. The summed E-state index contributed by atoms with van der Waals surface area (Å²) in [6, 6.07) is 18.3. The summed E-state index contributed by atoms with van der Waals surface area (Å²) in [5.41, 5.74) is 0.985. The first-order chi connectivity index (χ1) is 17.0.